The fourth-order valence-corrected chi connectivity index (χ4v) is 2.41. The van der Waals surface area contributed by atoms with Crippen molar-refractivity contribution in [3.8, 4) is 0 Å². The smallest absolute Gasteiger partial charge is 0.299 e. The molecule has 1 aromatic carbocycles. The van der Waals surface area contributed by atoms with Gasteiger partial charge in [0, 0.05) is 19.4 Å². The normalized spacial score (nSPS) is 13.8. The molecule has 0 radical (unpaired) electrons. The number of Topliss-reactive ketones (excluding diaryl/α,β-unsaturated/α-hetero) is 2. The van der Waals surface area contributed by atoms with Crippen LogP contribution >= 0.6 is 11.6 Å². The molecule has 1 aliphatic rings. The van der Waals surface area contributed by atoms with Crippen molar-refractivity contribution in [3.63, 3.8) is 0 Å². The number of carbonyl (C=O) groups excluding carboxylic acids is 3. The Morgan fingerprint density at radius 1 is 1.35 bits per heavy atom. The largest absolute Gasteiger partial charge is 0.302 e. The lowest BCUT2D eigenvalue weighted by Gasteiger charge is -2.16. The summed E-state index contributed by atoms with van der Waals surface area (Å²) in [4.78, 5) is 36.0. The third-order valence-electron chi connectivity index (χ3n) is 3.25. The van der Waals surface area contributed by atoms with Crippen LogP contribution in [0.15, 0.2) is 12.1 Å². The van der Waals surface area contributed by atoms with Crippen molar-refractivity contribution in [2.45, 2.75) is 26.2 Å². The zero-order valence-electron chi connectivity index (χ0n) is 10.9. The molecule has 1 aliphatic heterocycles. The maximum absolute atomic E-state index is 13.8. The zero-order chi connectivity index (χ0) is 14.9. The van der Waals surface area contributed by atoms with Crippen LogP contribution in [0.3, 0.4) is 0 Å². The van der Waals surface area contributed by atoms with E-state index in [1.165, 1.54) is 6.07 Å². The number of fused-ring (bicyclic) bond motifs is 1. The number of carbonyl (C=O) groups is 3. The summed E-state index contributed by atoms with van der Waals surface area (Å²) >= 11 is 5.85. The molecule has 0 fully saturated rings. The first-order valence-electron chi connectivity index (χ1n) is 6.33. The van der Waals surface area contributed by atoms with E-state index < -0.39 is 17.5 Å². The molecule has 0 N–H and O–H groups in total. The fraction of sp³-hybridized carbons (Fsp3) is 0.357. The van der Waals surface area contributed by atoms with Crippen LogP contribution in [0.25, 0.3) is 0 Å². The number of halogens is 2. The highest BCUT2D eigenvalue weighted by Crippen LogP contribution is 2.36. The van der Waals surface area contributed by atoms with E-state index in [0.717, 1.165) is 11.0 Å². The molecule has 0 aliphatic carbocycles. The number of ketones is 2. The SMILES string of the molecule is CCC(=O)CCCN1C(=O)C(=O)c2c(Cl)ccc(F)c21. The second kappa shape index (κ2) is 5.71. The highest BCUT2D eigenvalue weighted by Gasteiger charge is 2.39. The van der Waals surface area contributed by atoms with E-state index >= 15 is 0 Å². The van der Waals surface area contributed by atoms with Gasteiger partial charge in [0.15, 0.2) is 0 Å². The first-order chi connectivity index (χ1) is 9.47. The number of hydrogen-bond acceptors (Lipinski definition) is 3. The van der Waals surface area contributed by atoms with E-state index in [-0.39, 0.29) is 28.6 Å². The van der Waals surface area contributed by atoms with E-state index in [4.69, 9.17) is 11.6 Å². The van der Waals surface area contributed by atoms with E-state index in [1.807, 2.05) is 0 Å². The molecule has 6 heteroatoms. The maximum atomic E-state index is 13.8. The second-order valence-electron chi connectivity index (χ2n) is 4.53. The zero-order valence-corrected chi connectivity index (χ0v) is 11.7. The summed E-state index contributed by atoms with van der Waals surface area (Å²) in [6.45, 7) is 1.88. The summed E-state index contributed by atoms with van der Waals surface area (Å²) in [5, 5.41) is 0.0619. The third kappa shape index (κ3) is 2.45. The Balaban J connectivity index is 2.25. The van der Waals surface area contributed by atoms with Crippen molar-refractivity contribution in [2.75, 3.05) is 11.4 Å². The molecule has 1 heterocycles. The van der Waals surface area contributed by atoms with Gasteiger partial charge in [0.1, 0.15) is 11.6 Å². The maximum Gasteiger partial charge on any atom is 0.299 e. The number of rotatable bonds is 5. The van der Waals surface area contributed by atoms with Crippen LogP contribution in [0.2, 0.25) is 5.02 Å². The Labute approximate surface area is 120 Å². The van der Waals surface area contributed by atoms with Crippen molar-refractivity contribution in [2.24, 2.45) is 0 Å². The molecule has 0 bridgehead atoms. The van der Waals surface area contributed by atoms with E-state index in [1.54, 1.807) is 6.92 Å². The lowest BCUT2D eigenvalue weighted by atomic mass is 10.1. The van der Waals surface area contributed by atoms with Crippen LogP contribution in [-0.2, 0) is 9.59 Å². The van der Waals surface area contributed by atoms with E-state index in [0.29, 0.717) is 19.3 Å². The van der Waals surface area contributed by atoms with Crippen LogP contribution < -0.4 is 4.90 Å². The first-order valence-corrected chi connectivity index (χ1v) is 6.71. The minimum absolute atomic E-state index is 0.0619. The van der Waals surface area contributed by atoms with Gasteiger partial charge in [-0.3, -0.25) is 14.4 Å². The summed E-state index contributed by atoms with van der Waals surface area (Å²) in [5.41, 5.74) is -0.157. The minimum Gasteiger partial charge on any atom is -0.302 e. The van der Waals surface area contributed by atoms with Gasteiger partial charge in [0.05, 0.1) is 16.3 Å². The van der Waals surface area contributed by atoms with Crippen LogP contribution in [0.5, 0.6) is 0 Å². The Morgan fingerprint density at radius 2 is 2.05 bits per heavy atom. The summed E-state index contributed by atoms with van der Waals surface area (Å²) in [6, 6.07) is 2.38. The molecule has 0 aromatic heterocycles. The Hall–Kier alpha value is -1.75. The Kier molecular flexibility index (Phi) is 4.18. The predicted octanol–water partition coefficient (Wildman–Crippen LogP) is 2.77. The Morgan fingerprint density at radius 3 is 2.70 bits per heavy atom. The third-order valence-corrected chi connectivity index (χ3v) is 3.56. The number of benzene rings is 1. The first kappa shape index (κ1) is 14.7. The molecule has 1 amide bonds. The van der Waals surface area contributed by atoms with Crippen molar-refractivity contribution < 1.29 is 18.8 Å². The van der Waals surface area contributed by atoms with Crippen LogP contribution in [0.4, 0.5) is 10.1 Å². The highest BCUT2D eigenvalue weighted by molar-refractivity contribution is 6.55. The van der Waals surface area contributed by atoms with Crippen molar-refractivity contribution in [1.82, 2.24) is 0 Å². The molecule has 0 spiro atoms. The number of anilines is 1. The summed E-state index contributed by atoms with van der Waals surface area (Å²) in [6.07, 6.45) is 1.10. The van der Waals surface area contributed by atoms with Crippen molar-refractivity contribution in [1.29, 1.82) is 0 Å². The fourth-order valence-electron chi connectivity index (χ4n) is 2.18. The average Bonchev–Trinajstić information content (AvgIpc) is 2.68. The van der Waals surface area contributed by atoms with Crippen LogP contribution in [0.1, 0.15) is 36.5 Å². The minimum atomic E-state index is -0.800. The van der Waals surface area contributed by atoms with Gasteiger partial charge in [-0.1, -0.05) is 18.5 Å². The van der Waals surface area contributed by atoms with Gasteiger partial charge in [-0.05, 0) is 18.6 Å². The molecular formula is C14H13ClFNO3. The number of amides is 1. The lowest BCUT2D eigenvalue weighted by molar-refractivity contribution is -0.119. The number of nitrogens with zero attached hydrogens (tertiary/aromatic N) is 1. The summed E-state index contributed by atoms with van der Waals surface area (Å²) < 4.78 is 13.8. The van der Waals surface area contributed by atoms with Crippen molar-refractivity contribution >= 4 is 34.8 Å². The monoisotopic (exact) mass is 297 g/mol. The lowest BCUT2D eigenvalue weighted by Crippen LogP contribution is -2.31. The molecule has 0 atom stereocenters. The van der Waals surface area contributed by atoms with E-state index in [2.05, 4.69) is 0 Å². The number of hydrogen-bond donors (Lipinski definition) is 0. The quantitative estimate of drug-likeness (QED) is 0.785. The average molecular weight is 298 g/mol. The van der Waals surface area contributed by atoms with Crippen molar-refractivity contribution in [3.05, 3.63) is 28.5 Å². The van der Waals surface area contributed by atoms with Gasteiger partial charge in [-0.2, -0.15) is 0 Å². The van der Waals surface area contributed by atoms with Crippen LogP contribution in [-0.4, -0.2) is 24.0 Å². The molecule has 2 rings (SSSR count). The molecule has 106 valence electrons. The van der Waals surface area contributed by atoms with E-state index in [9.17, 15) is 18.8 Å². The standard InChI is InChI=1S/C14H13ClFNO3/c1-2-8(18)4-3-7-17-12-10(16)6-5-9(15)11(12)13(19)14(17)20/h5-6H,2-4,7H2,1H3. The molecule has 0 unspecified atom stereocenters. The molecule has 0 saturated heterocycles. The van der Waals surface area contributed by atoms with Crippen LogP contribution in [0, 0.1) is 5.82 Å². The second-order valence-corrected chi connectivity index (χ2v) is 4.94. The highest BCUT2D eigenvalue weighted by atomic mass is 35.5. The van der Waals surface area contributed by atoms with Gasteiger partial charge in [0.2, 0.25) is 0 Å². The van der Waals surface area contributed by atoms with Gasteiger partial charge < -0.3 is 4.90 Å². The topological polar surface area (TPSA) is 54.5 Å². The molecule has 4 nitrogen and oxygen atoms in total. The molecule has 1 aromatic rings. The Bertz CT molecular complexity index is 600. The molecule has 20 heavy (non-hydrogen) atoms. The molecule has 0 saturated carbocycles. The van der Waals surface area contributed by atoms with Gasteiger partial charge in [-0.15, -0.1) is 0 Å². The van der Waals surface area contributed by atoms with Gasteiger partial charge >= 0.3 is 0 Å². The summed E-state index contributed by atoms with van der Waals surface area (Å²) in [7, 11) is 0. The summed E-state index contributed by atoms with van der Waals surface area (Å²) in [5.74, 6) is -2.19. The molecular weight excluding hydrogens is 285 g/mol. The predicted molar refractivity (Wildman–Crippen MR) is 72.6 cm³/mol. The van der Waals surface area contributed by atoms with Gasteiger partial charge in [0.25, 0.3) is 11.7 Å². The van der Waals surface area contributed by atoms with Gasteiger partial charge in [-0.25, -0.2) is 4.39 Å².